The summed E-state index contributed by atoms with van der Waals surface area (Å²) in [4.78, 5) is 25.1. The summed E-state index contributed by atoms with van der Waals surface area (Å²) in [6, 6.07) is 9.86. The average molecular weight is 395 g/mol. The highest BCUT2D eigenvalue weighted by Gasteiger charge is 2.18. The average Bonchev–Trinajstić information content (AvgIpc) is 3.41. The number of aryl methyl sites for hydroxylation is 2. The standard InChI is InChI=1S/C21H25N5O3/c1-3-15-6-8-16(9-7-15)18-11-19-21(28)25(23-14(2)26(19)24-18)13-20(27)22-12-17-5-4-10-29-17/h6-9,11,17H,3-5,10,12-13H2,1-2H3,(H,22,27)/t17-/m0/s1. The van der Waals surface area contributed by atoms with Gasteiger partial charge >= 0.3 is 0 Å². The van der Waals surface area contributed by atoms with E-state index in [1.54, 1.807) is 13.0 Å². The van der Waals surface area contributed by atoms with Crippen LogP contribution >= 0.6 is 0 Å². The minimum Gasteiger partial charge on any atom is -0.376 e. The molecule has 1 atom stereocenters. The van der Waals surface area contributed by atoms with Crippen LogP contribution in [0.1, 0.15) is 31.2 Å². The third-order valence-corrected chi connectivity index (χ3v) is 5.24. The molecule has 29 heavy (non-hydrogen) atoms. The lowest BCUT2D eigenvalue weighted by Crippen LogP contribution is -2.38. The van der Waals surface area contributed by atoms with Gasteiger partial charge in [-0.1, -0.05) is 31.2 Å². The molecule has 1 aliphatic heterocycles. The molecule has 3 aromatic rings. The van der Waals surface area contributed by atoms with Crippen LogP contribution in [0.15, 0.2) is 35.1 Å². The molecule has 0 aliphatic carbocycles. The van der Waals surface area contributed by atoms with E-state index in [0.717, 1.165) is 31.4 Å². The largest absolute Gasteiger partial charge is 0.376 e. The number of hydrogen-bond acceptors (Lipinski definition) is 5. The molecule has 0 radical (unpaired) electrons. The van der Waals surface area contributed by atoms with Crippen LogP contribution < -0.4 is 10.9 Å². The molecule has 1 N–H and O–H groups in total. The predicted octanol–water partition coefficient (Wildman–Crippen LogP) is 1.72. The van der Waals surface area contributed by atoms with Crippen LogP contribution in [0.3, 0.4) is 0 Å². The first-order valence-corrected chi connectivity index (χ1v) is 10.00. The van der Waals surface area contributed by atoms with Gasteiger partial charge in [0.25, 0.3) is 5.56 Å². The molecule has 152 valence electrons. The quantitative estimate of drug-likeness (QED) is 0.686. The Balaban J connectivity index is 1.56. The number of aromatic nitrogens is 4. The summed E-state index contributed by atoms with van der Waals surface area (Å²) < 4.78 is 8.23. The van der Waals surface area contributed by atoms with Crippen molar-refractivity contribution in [3.05, 3.63) is 52.1 Å². The van der Waals surface area contributed by atoms with E-state index in [4.69, 9.17) is 4.74 Å². The summed E-state index contributed by atoms with van der Waals surface area (Å²) in [6.07, 6.45) is 2.99. The number of fused-ring (bicyclic) bond motifs is 1. The van der Waals surface area contributed by atoms with Crippen LogP contribution in [0.5, 0.6) is 0 Å². The highest BCUT2D eigenvalue weighted by Crippen LogP contribution is 2.19. The van der Waals surface area contributed by atoms with Crippen molar-refractivity contribution in [3.8, 4) is 11.3 Å². The molecule has 8 heteroatoms. The smallest absolute Gasteiger partial charge is 0.293 e. The molecule has 2 aromatic heterocycles. The maximum atomic E-state index is 12.9. The SMILES string of the molecule is CCc1ccc(-c2cc3c(=O)n(CC(=O)NC[C@@H]4CCCO4)nc(C)n3n2)cc1. The van der Waals surface area contributed by atoms with E-state index in [-0.39, 0.29) is 24.1 Å². The van der Waals surface area contributed by atoms with Gasteiger partial charge in [0.15, 0.2) is 0 Å². The Morgan fingerprint density at radius 2 is 2.07 bits per heavy atom. The minimum atomic E-state index is -0.341. The number of carbonyl (C=O) groups excluding carboxylic acids is 1. The maximum Gasteiger partial charge on any atom is 0.293 e. The lowest BCUT2D eigenvalue weighted by Gasteiger charge is -2.11. The van der Waals surface area contributed by atoms with E-state index < -0.39 is 0 Å². The van der Waals surface area contributed by atoms with E-state index in [9.17, 15) is 9.59 Å². The third-order valence-electron chi connectivity index (χ3n) is 5.24. The number of carbonyl (C=O) groups is 1. The first-order chi connectivity index (χ1) is 14.0. The van der Waals surface area contributed by atoms with Crippen molar-refractivity contribution in [3.63, 3.8) is 0 Å². The van der Waals surface area contributed by atoms with E-state index >= 15 is 0 Å². The molecular weight excluding hydrogens is 370 g/mol. The lowest BCUT2D eigenvalue weighted by atomic mass is 10.1. The van der Waals surface area contributed by atoms with Crippen LogP contribution in [0.25, 0.3) is 16.8 Å². The Morgan fingerprint density at radius 1 is 1.28 bits per heavy atom. The van der Waals surface area contributed by atoms with Crippen molar-refractivity contribution in [2.75, 3.05) is 13.2 Å². The normalized spacial score (nSPS) is 16.4. The molecule has 4 rings (SSSR count). The summed E-state index contributed by atoms with van der Waals surface area (Å²) >= 11 is 0. The minimum absolute atomic E-state index is 0.0596. The first-order valence-electron chi connectivity index (χ1n) is 10.00. The molecule has 0 spiro atoms. The van der Waals surface area contributed by atoms with Gasteiger partial charge in [-0.25, -0.2) is 9.20 Å². The summed E-state index contributed by atoms with van der Waals surface area (Å²) in [5.74, 6) is 0.289. The van der Waals surface area contributed by atoms with Crippen molar-refractivity contribution in [2.24, 2.45) is 0 Å². The van der Waals surface area contributed by atoms with Crippen molar-refractivity contribution < 1.29 is 9.53 Å². The summed E-state index contributed by atoms with van der Waals surface area (Å²) in [5.41, 5.74) is 2.94. The fourth-order valence-electron chi connectivity index (χ4n) is 3.56. The third kappa shape index (κ3) is 4.07. The molecule has 0 unspecified atom stereocenters. The first kappa shape index (κ1) is 19.3. The van der Waals surface area contributed by atoms with Gasteiger partial charge < -0.3 is 10.1 Å². The van der Waals surface area contributed by atoms with Crippen molar-refractivity contribution in [2.45, 2.75) is 45.8 Å². The number of hydrogen-bond donors (Lipinski definition) is 1. The van der Waals surface area contributed by atoms with Gasteiger partial charge in [-0.05, 0) is 37.8 Å². The van der Waals surface area contributed by atoms with Crippen LogP contribution in [-0.4, -0.2) is 44.6 Å². The molecule has 1 aromatic carbocycles. The van der Waals surface area contributed by atoms with Crippen molar-refractivity contribution in [1.82, 2.24) is 24.7 Å². The number of rotatable bonds is 6. The van der Waals surface area contributed by atoms with Gasteiger partial charge in [0.2, 0.25) is 5.91 Å². The highest BCUT2D eigenvalue weighted by molar-refractivity contribution is 5.75. The van der Waals surface area contributed by atoms with Crippen molar-refractivity contribution >= 4 is 11.4 Å². The molecule has 1 saturated heterocycles. The van der Waals surface area contributed by atoms with Crippen LogP contribution in [0.2, 0.25) is 0 Å². The van der Waals surface area contributed by atoms with Gasteiger partial charge in [-0.3, -0.25) is 9.59 Å². The zero-order valence-electron chi connectivity index (χ0n) is 16.7. The van der Waals surface area contributed by atoms with Crippen LogP contribution in [0, 0.1) is 6.92 Å². The predicted molar refractivity (Wildman–Crippen MR) is 109 cm³/mol. The molecule has 3 heterocycles. The molecule has 1 fully saturated rings. The van der Waals surface area contributed by atoms with E-state index in [1.165, 1.54) is 14.8 Å². The second-order valence-corrected chi connectivity index (χ2v) is 7.33. The molecule has 1 aliphatic rings. The van der Waals surface area contributed by atoms with Gasteiger partial charge in [0, 0.05) is 18.7 Å². The molecule has 1 amide bonds. The second kappa shape index (κ2) is 8.16. The maximum absolute atomic E-state index is 12.9. The summed E-state index contributed by atoms with van der Waals surface area (Å²) in [7, 11) is 0. The zero-order valence-corrected chi connectivity index (χ0v) is 16.7. The van der Waals surface area contributed by atoms with Gasteiger partial charge in [-0.15, -0.1) is 0 Å². The summed E-state index contributed by atoms with van der Waals surface area (Å²) in [6.45, 7) is 4.94. The Labute approximate surface area is 168 Å². The topological polar surface area (TPSA) is 90.5 Å². The Kier molecular flexibility index (Phi) is 5.44. The number of nitrogens with one attached hydrogen (secondary N) is 1. The molecule has 8 nitrogen and oxygen atoms in total. The summed E-state index contributed by atoms with van der Waals surface area (Å²) in [5, 5.41) is 11.6. The van der Waals surface area contributed by atoms with Crippen molar-refractivity contribution in [1.29, 1.82) is 0 Å². The lowest BCUT2D eigenvalue weighted by molar-refractivity contribution is -0.122. The van der Waals surface area contributed by atoms with Crippen LogP contribution in [-0.2, 0) is 22.5 Å². The fraction of sp³-hybridized carbons (Fsp3) is 0.429. The van der Waals surface area contributed by atoms with Gasteiger partial charge in [0.05, 0.1) is 11.8 Å². The Hall–Kier alpha value is -3.00. The van der Waals surface area contributed by atoms with E-state index in [2.05, 4.69) is 34.6 Å². The van der Waals surface area contributed by atoms with Gasteiger partial charge in [0.1, 0.15) is 17.9 Å². The number of amides is 1. The Bertz CT molecular complexity index is 1080. The molecular formula is C21H25N5O3. The van der Waals surface area contributed by atoms with Crippen LogP contribution in [0.4, 0.5) is 0 Å². The van der Waals surface area contributed by atoms with E-state index in [1.807, 2.05) is 12.1 Å². The monoisotopic (exact) mass is 395 g/mol. The number of benzene rings is 1. The molecule has 0 bridgehead atoms. The second-order valence-electron chi connectivity index (χ2n) is 7.33. The zero-order chi connectivity index (χ0) is 20.4. The number of ether oxygens (including phenoxy) is 1. The highest BCUT2D eigenvalue weighted by atomic mass is 16.5. The van der Waals surface area contributed by atoms with E-state index in [0.29, 0.717) is 23.6 Å². The van der Waals surface area contributed by atoms with Gasteiger partial charge in [-0.2, -0.15) is 10.2 Å². The molecule has 0 saturated carbocycles. The fourth-order valence-corrected chi connectivity index (χ4v) is 3.56. The number of nitrogens with zero attached hydrogens (tertiary/aromatic N) is 4. The Morgan fingerprint density at radius 3 is 2.76 bits per heavy atom.